The fourth-order valence-corrected chi connectivity index (χ4v) is 3.71. The van der Waals surface area contributed by atoms with E-state index in [1.54, 1.807) is 14.2 Å². The monoisotopic (exact) mass is 354 g/mol. The van der Waals surface area contributed by atoms with Crippen LogP contribution in [0.25, 0.3) is 17.0 Å². The molecule has 0 bridgehead atoms. The van der Waals surface area contributed by atoms with Crippen LogP contribution in [0.1, 0.15) is 57.4 Å². The van der Waals surface area contributed by atoms with Gasteiger partial charge in [0.25, 0.3) is 0 Å². The molecule has 0 spiro atoms. The molecule has 1 aliphatic heterocycles. The van der Waals surface area contributed by atoms with Crippen LogP contribution in [0.2, 0.25) is 0 Å². The molecule has 0 saturated heterocycles. The topological polar surface area (TPSA) is 34.6 Å². The van der Waals surface area contributed by atoms with Gasteiger partial charge in [0.05, 0.1) is 19.9 Å². The molecule has 2 heterocycles. The van der Waals surface area contributed by atoms with Gasteiger partial charge in [-0.3, -0.25) is 4.98 Å². The Bertz CT molecular complexity index is 770. The minimum absolute atomic E-state index is 0.708. The van der Waals surface area contributed by atoms with Gasteiger partial charge in [0.1, 0.15) is 5.52 Å². The maximum atomic E-state index is 5.58. The largest absolute Gasteiger partial charge is 0.493 e. The maximum absolute atomic E-state index is 5.58. The van der Waals surface area contributed by atoms with Crippen LogP contribution in [-0.2, 0) is 0 Å². The first-order valence-corrected chi connectivity index (χ1v) is 9.78. The number of rotatable bonds is 10. The standard InChI is InChI=1S/C22H30N2O2/c1-4-5-6-7-8-9-10-14-24-15-12-17-16-19(25-2)22(26-3)21-20(17)18(24)11-13-23-21/h11-13,15-16H,4-10,14H2,1-3H3. The first-order chi connectivity index (χ1) is 12.8. The van der Waals surface area contributed by atoms with E-state index in [-0.39, 0.29) is 0 Å². The smallest absolute Gasteiger partial charge is 0.187 e. The predicted octanol–water partition coefficient (Wildman–Crippen LogP) is 5.79. The molecule has 0 unspecified atom stereocenters. The van der Waals surface area contributed by atoms with E-state index in [0.29, 0.717) is 5.75 Å². The second-order valence-corrected chi connectivity index (χ2v) is 6.89. The molecular formula is C22H30N2O2. The minimum Gasteiger partial charge on any atom is -0.493 e. The third-order valence-corrected chi connectivity index (χ3v) is 5.11. The zero-order chi connectivity index (χ0) is 18.4. The van der Waals surface area contributed by atoms with Gasteiger partial charge in [0, 0.05) is 24.3 Å². The van der Waals surface area contributed by atoms with Crippen LogP contribution >= 0.6 is 0 Å². The summed E-state index contributed by atoms with van der Waals surface area (Å²) in [5, 5.41) is 1.15. The van der Waals surface area contributed by atoms with Crippen molar-refractivity contribution in [3.8, 4) is 11.5 Å². The van der Waals surface area contributed by atoms with Crippen molar-refractivity contribution in [2.24, 2.45) is 0 Å². The number of nitrogens with zero attached hydrogens (tertiary/aromatic N) is 2. The van der Waals surface area contributed by atoms with E-state index in [9.17, 15) is 0 Å². The van der Waals surface area contributed by atoms with Crippen molar-refractivity contribution in [3.05, 3.63) is 30.1 Å². The van der Waals surface area contributed by atoms with Crippen molar-refractivity contribution < 1.29 is 9.47 Å². The molecule has 1 aromatic carbocycles. The van der Waals surface area contributed by atoms with Crippen molar-refractivity contribution in [3.63, 3.8) is 0 Å². The minimum atomic E-state index is 0.708. The van der Waals surface area contributed by atoms with E-state index in [1.807, 2.05) is 12.3 Å². The summed E-state index contributed by atoms with van der Waals surface area (Å²) in [6.45, 7) is 3.30. The van der Waals surface area contributed by atoms with Crippen LogP contribution in [0.4, 0.5) is 5.69 Å². The van der Waals surface area contributed by atoms with Crippen LogP contribution in [0.15, 0.2) is 24.5 Å². The molecule has 140 valence electrons. The van der Waals surface area contributed by atoms with E-state index >= 15 is 0 Å². The summed E-state index contributed by atoms with van der Waals surface area (Å²) in [6, 6.07) is 4.14. The lowest BCUT2D eigenvalue weighted by molar-refractivity contribution is 0.358. The van der Waals surface area contributed by atoms with Gasteiger partial charge in [-0.05, 0) is 30.2 Å². The molecule has 26 heavy (non-hydrogen) atoms. The van der Waals surface area contributed by atoms with E-state index in [4.69, 9.17) is 9.47 Å². The van der Waals surface area contributed by atoms with Crippen molar-refractivity contribution in [2.75, 3.05) is 25.7 Å². The third kappa shape index (κ3) is 3.79. The molecule has 0 fully saturated rings. The summed E-state index contributed by atoms with van der Waals surface area (Å²) in [4.78, 5) is 6.91. The van der Waals surface area contributed by atoms with Gasteiger partial charge in [0.15, 0.2) is 11.5 Å². The van der Waals surface area contributed by atoms with Gasteiger partial charge in [-0.1, -0.05) is 45.4 Å². The van der Waals surface area contributed by atoms with Crippen LogP contribution in [0, 0.1) is 0 Å². The molecule has 4 heteroatoms. The zero-order valence-corrected chi connectivity index (χ0v) is 16.3. The molecular weight excluding hydrogens is 324 g/mol. The number of hydrogen-bond donors (Lipinski definition) is 0. The third-order valence-electron chi connectivity index (χ3n) is 5.11. The summed E-state index contributed by atoms with van der Waals surface area (Å²) in [5.74, 6) is 1.43. The van der Waals surface area contributed by atoms with E-state index in [2.05, 4.69) is 35.1 Å². The summed E-state index contributed by atoms with van der Waals surface area (Å²) < 4.78 is 11.1. The summed E-state index contributed by atoms with van der Waals surface area (Å²) >= 11 is 0. The second-order valence-electron chi connectivity index (χ2n) is 6.89. The van der Waals surface area contributed by atoms with Gasteiger partial charge in [0.2, 0.25) is 0 Å². The lowest BCUT2D eigenvalue weighted by Gasteiger charge is -2.27. The molecule has 4 nitrogen and oxygen atoms in total. The maximum Gasteiger partial charge on any atom is 0.187 e. The number of ether oxygens (including phenoxy) is 2. The Kier molecular flexibility index (Phi) is 6.37. The van der Waals surface area contributed by atoms with E-state index in [1.165, 1.54) is 50.6 Å². The number of methoxy groups -OCH3 is 2. The summed E-state index contributed by atoms with van der Waals surface area (Å²) in [6.07, 6.45) is 15.5. The Hall–Kier alpha value is -2.23. The molecule has 1 aliphatic rings. The van der Waals surface area contributed by atoms with Gasteiger partial charge >= 0.3 is 0 Å². The average Bonchev–Trinajstić information content (AvgIpc) is 2.68. The molecule has 0 saturated carbocycles. The van der Waals surface area contributed by atoms with Gasteiger partial charge < -0.3 is 14.4 Å². The van der Waals surface area contributed by atoms with Crippen molar-refractivity contribution in [1.82, 2.24) is 4.98 Å². The van der Waals surface area contributed by atoms with Crippen LogP contribution in [0.5, 0.6) is 11.5 Å². The van der Waals surface area contributed by atoms with Crippen LogP contribution in [-0.4, -0.2) is 25.7 Å². The first kappa shape index (κ1) is 18.6. The highest BCUT2D eigenvalue weighted by Gasteiger charge is 2.21. The lowest BCUT2D eigenvalue weighted by Crippen LogP contribution is -2.20. The Labute approximate surface area is 156 Å². The molecule has 0 N–H and O–H groups in total. The SMILES string of the molecule is CCCCCCCCCN1C=Cc2cc(OC)c(OC)c3nccc1c23. The number of hydrogen-bond acceptors (Lipinski definition) is 4. The van der Waals surface area contributed by atoms with Crippen LogP contribution in [0.3, 0.4) is 0 Å². The fourth-order valence-electron chi connectivity index (χ4n) is 3.71. The highest BCUT2D eigenvalue weighted by Crippen LogP contribution is 2.43. The number of benzene rings is 1. The zero-order valence-electron chi connectivity index (χ0n) is 16.3. The van der Waals surface area contributed by atoms with Crippen molar-refractivity contribution in [1.29, 1.82) is 0 Å². The Morgan fingerprint density at radius 2 is 1.77 bits per heavy atom. The van der Waals surface area contributed by atoms with Crippen molar-refractivity contribution in [2.45, 2.75) is 51.9 Å². The molecule has 0 radical (unpaired) electrons. The van der Waals surface area contributed by atoms with Gasteiger partial charge in [-0.2, -0.15) is 0 Å². The highest BCUT2D eigenvalue weighted by atomic mass is 16.5. The van der Waals surface area contributed by atoms with Gasteiger partial charge in [-0.15, -0.1) is 0 Å². The second kappa shape index (κ2) is 8.93. The summed E-state index contributed by atoms with van der Waals surface area (Å²) in [7, 11) is 3.34. The Morgan fingerprint density at radius 3 is 2.50 bits per heavy atom. The molecule has 1 aromatic heterocycles. The lowest BCUT2D eigenvalue weighted by atomic mass is 10.0. The fraction of sp³-hybridized carbons (Fsp3) is 0.500. The average molecular weight is 354 g/mol. The Balaban J connectivity index is 1.74. The molecule has 0 aliphatic carbocycles. The number of aromatic nitrogens is 1. The number of pyridine rings is 1. The first-order valence-electron chi connectivity index (χ1n) is 9.78. The normalized spacial score (nSPS) is 12.7. The molecule has 0 amide bonds. The van der Waals surface area contributed by atoms with Crippen LogP contribution < -0.4 is 14.4 Å². The molecule has 0 atom stereocenters. The van der Waals surface area contributed by atoms with E-state index in [0.717, 1.165) is 28.8 Å². The predicted molar refractivity (Wildman–Crippen MR) is 109 cm³/mol. The molecule has 3 rings (SSSR count). The van der Waals surface area contributed by atoms with E-state index < -0.39 is 0 Å². The summed E-state index contributed by atoms with van der Waals surface area (Å²) in [5.41, 5.74) is 3.21. The number of anilines is 1. The molecule has 2 aromatic rings. The Morgan fingerprint density at radius 1 is 1.00 bits per heavy atom. The number of unbranched alkanes of at least 4 members (excludes halogenated alkanes) is 6. The quantitative estimate of drug-likeness (QED) is 0.506. The van der Waals surface area contributed by atoms with Gasteiger partial charge in [-0.25, -0.2) is 0 Å². The highest BCUT2D eigenvalue weighted by molar-refractivity contribution is 6.04. The van der Waals surface area contributed by atoms with Crippen molar-refractivity contribution >= 4 is 22.7 Å².